The van der Waals surface area contributed by atoms with Crippen molar-refractivity contribution in [3.63, 3.8) is 0 Å². The fraction of sp³-hybridized carbons (Fsp3) is 0.625. The molecule has 0 heterocycles. The van der Waals surface area contributed by atoms with E-state index >= 15 is 0 Å². The summed E-state index contributed by atoms with van der Waals surface area (Å²) in [6.07, 6.45) is 8.15. The SMILES string of the molecule is Cc1cc(F)ccc1C(O)CCC1CCCCC1. The van der Waals surface area contributed by atoms with Crippen molar-refractivity contribution < 1.29 is 9.50 Å². The maximum Gasteiger partial charge on any atom is 0.123 e. The Morgan fingerprint density at radius 3 is 2.67 bits per heavy atom. The molecule has 2 rings (SSSR count). The van der Waals surface area contributed by atoms with E-state index in [0.717, 1.165) is 29.9 Å². The van der Waals surface area contributed by atoms with Crippen LogP contribution < -0.4 is 0 Å². The Morgan fingerprint density at radius 2 is 2.00 bits per heavy atom. The molecule has 2 heteroatoms. The lowest BCUT2D eigenvalue weighted by atomic mass is 9.84. The Balaban J connectivity index is 1.88. The quantitative estimate of drug-likeness (QED) is 0.832. The molecule has 1 aromatic carbocycles. The van der Waals surface area contributed by atoms with Crippen molar-refractivity contribution >= 4 is 0 Å². The minimum Gasteiger partial charge on any atom is -0.388 e. The number of aliphatic hydroxyl groups excluding tert-OH is 1. The summed E-state index contributed by atoms with van der Waals surface area (Å²) < 4.78 is 13.0. The van der Waals surface area contributed by atoms with Crippen LogP contribution in [0.5, 0.6) is 0 Å². The molecule has 1 saturated carbocycles. The number of halogens is 1. The third kappa shape index (κ3) is 3.55. The second-order valence-corrected chi connectivity index (χ2v) is 5.60. The highest BCUT2D eigenvalue weighted by Crippen LogP contribution is 2.31. The largest absolute Gasteiger partial charge is 0.388 e. The smallest absolute Gasteiger partial charge is 0.123 e. The number of aliphatic hydroxyl groups is 1. The van der Waals surface area contributed by atoms with Crippen molar-refractivity contribution in [1.82, 2.24) is 0 Å². The molecule has 1 unspecified atom stereocenters. The molecule has 1 atom stereocenters. The molecule has 1 fully saturated rings. The van der Waals surface area contributed by atoms with Crippen molar-refractivity contribution in [2.24, 2.45) is 5.92 Å². The maximum atomic E-state index is 13.0. The van der Waals surface area contributed by atoms with Gasteiger partial charge >= 0.3 is 0 Å². The number of aryl methyl sites for hydroxylation is 1. The van der Waals surface area contributed by atoms with E-state index < -0.39 is 6.10 Å². The lowest BCUT2D eigenvalue weighted by Crippen LogP contribution is -2.09. The Hall–Kier alpha value is -0.890. The minimum atomic E-state index is -0.437. The molecule has 1 N–H and O–H groups in total. The lowest BCUT2D eigenvalue weighted by Gasteiger charge is -2.23. The monoisotopic (exact) mass is 250 g/mol. The van der Waals surface area contributed by atoms with Crippen LogP contribution in [0.1, 0.15) is 62.2 Å². The molecular formula is C16H23FO. The second kappa shape index (κ2) is 6.33. The molecular weight excluding hydrogens is 227 g/mol. The molecule has 0 amide bonds. The van der Waals surface area contributed by atoms with Crippen molar-refractivity contribution in [1.29, 1.82) is 0 Å². The average Bonchev–Trinajstić information content (AvgIpc) is 2.37. The van der Waals surface area contributed by atoms with Gasteiger partial charge in [0.25, 0.3) is 0 Å². The van der Waals surface area contributed by atoms with Crippen LogP contribution in [-0.4, -0.2) is 5.11 Å². The molecule has 1 aromatic rings. The van der Waals surface area contributed by atoms with E-state index in [9.17, 15) is 9.50 Å². The first-order chi connectivity index (χ1) is 8.66. The summed E-state index contributed by atoms with van der Waals surface area (Å²) in [4.78, 5) is 0. The number of rotatable bonds is 4. The van der Waals surface area contributed by atoms with Crippen LogP contribution in [0.25, 0.3) is 0 Å². The van der Waals surface area contributed by atoms with Crippen LogP contribution in [0.4, 0.5) is 4.39 Å². The fourth-order valence-electron chi connectivity index (χ4n) is 3.04. The minimum absolute atomic E-state index is 0.226. The Kier molecular flexibility index (Phi) is 4.76. The van der Waals surface area contributed by atoms with E-state index in [1.165, 1.54) is 44.2 Å². The predicted octanol–water partition coefficient (Wildman–Crippen LogP) is 4.53. The molecule has 0 aliphatic heterocycles. The highest BCUT2D eigenvalue weighted by Gasteiger charge is 2.17. The van der Waals surface area contributed by atoms with Gasteiger partial charge in [-0.2, -0.15) is 0 Å². The van der Waals surface area contributed by atoms with Crippen LogP contribution in [0.3, 0.4) is 0 Å². The first kappa shape index (κ1) is 13.5. The van der Waals surface area contributed by atoms with E-state index in [-0.39, 0.29) is 5.82 Å². The summed E-state index contributed by atoms with van der Waals surface area (Å²) in [6, 6.07) is 4.65. The molecule has 0 aromatic heterocycles. The molecule has 1 nitrogen and oxygen atoms in total. The molecule has 1 aliphatic carbocycles. The molecule has 18 heavy (non-hydrogen) atoms. The Morgan fingerprint density at radius 1 is 1.28 bits per heavy atom. The normalized spacial score (nSPS) is 18.8. The molecule has 0 saturated heterocycles. The van der Waals surface area contributed by atoms with Crippen molar-refractivity contribution in [2.75, 3.05) is 0 Å². The lowest BCUT2D eigenvalue weighted by molar-refractivity contribution is 0.150. The van der Waals surface area contributed by atoms with Gasteiger partial charge < -0.3 is 5.11 Å². The van der Waals surface area contributed by atoms with E-state index in [0.29, 0.717) is 0 Å². The third-order valence-electron chi connectivity index (χ3n) is 4.16. The Bertz CT molecular complexity index is 383. The van der Waals surface area contributed by atoms with Crippen molar-refractivity contribution in [3.05, 3.63) is 35.1 Å². The first-order valence-electron chi connectivity index (χ1n) is 7.11. The van der Waals surface area contributed by atoms with E-state index in [1.54, 1.807) is 6.07 Å². The first-order valence-corrected chi connectivity index (χ1v) is 7.11. The molecule has 0 radical (unpaired) electrons. The third-order valence-corrected chi connectivity index (χ3v) is 4.16. The van der Waals surface area contributed by atoms with Gasteiger partial charge in [0.05, 0.1) is 6.10 Å². The maximum absolute atomic E-state index is 13.0. The number of hydrogen-bond acceptors (Lipinski definition) is 1. The summed E-state index contributed by atoms with van der Waals surface area (Å²) in [7, 11) is 0. The van der Waals surface area contributed by atoms with E-state index in [1.807, 2.05) is 6.92 Å². The molecule has 100 valence electrons. The Labute approximate surface area is 109 Å². The van der Waals surface area contributed by atoms with Gasteiger partial charge in [-0.3, -0.25) is 0 Å². The topological polar surface area (TPSA) is 20.2 Å². The zero-order chi connectivity index (χ0) is 13.0. The standard InChI is InChI=1S/C16H23FO/c1-12-11-14(17)8-9-15(12)16(18)10-7-13-5-3-2-4-6-13/h8-9,11,13,16,18H,2-7,10H2,1H3. The fourth-order valence-corrected chi connectivity index (χ4v) is 3.04. The summed E-state index contributed by atoms with van der Waals surface area (Å²) in [5.74, 6) is 0.560. The zero-order valence-corrected chi connectivity index (χ0v) is 11.2. The van der Waals surface area contributed by atoms with Crippen LogP contribution in [0, 0.1) is 18.7 Å². The van der Waals surface area contributed by atoms with Gasteiger partial charge in [-0.05, 0) is 48.9 Å². The predicted molar refractivity (Wildman–Crippen MR) is 71.9 cm³/mol. The van der Waals surface area contributed by atoms with Crippen LogP contribution in [0.15, 0.2) is 18.2 Å². The van der Waals surface area contributed by atoms with Crippen molar-refractivity contribution in [3.8, 4) is 0 Å². The highest BCUT2D eigenvalue weighted by atomic mass is 19.1. The second-order valence-electron chi connectivity index (χ2n) is 5.60. The van der Waals surface area contributed by atoms with Gasteiger partial charge in [0, 0.05) is 0 Å². The van der Waals surface area contributed by atoms with Gasteiger partial charge in [0.2, 0.25) is 0 Å². The van der Waals surface area contributed by atoms with Gasteiger partial charge in [-0.15, -0.1) is 0 Å². The van der Waals surface area contributed by atoms with Crippen LogP contribution >= 0.6 is 0 Å². The van der Waals surface area contributed by atoms with Gasteiger partial charge in [-0.1, -0.05) is 38.2 Å². The number of hydrogen-bond donors (Lipinski definition) is 1. The van der Waals surface area contributed by atoms with Gasteiger partial charge in [0.1, 0.15) is 5.82 Å². The van der Waals surface area contributed by atoms with E-state index in [2.05, 4.69) is 0 Å². The zero-order valence-electron chi connectivity index (χ0n) is 11.2. The van der Waals surface area contributed by atoms with Crippen LogP contribution in [0.2, 0.25) is 0 Å². The summed E-state index contributed by atoms with van der Waals surface area (Å²) in [6.45, 7) is 1.86. The summed E-state index contributed by atoms with van der Waals surface area (Å²) >= 11 is 0. The van der Waals surface area contributed by atoms with E-state index in [4.69, 9.17) is 0 Å². The summed E-state index contributed by atoms with van der Waals surface area (Å²) in [5, 5.41) is 10.2. The van der Waals surface area contributed by atoms with Crippen molar-refractivity contribution in [2.45, 2.75) is 58.0 Å². The van der Waals surface area contributed by atoms with Crippen LogP contribution in [-0.2, 0) is 0 Å². The number of benzene rings is 1. The molecule has 0 spiro atoms. The average molecular weight is 250 g/mol. The van der Waals surface area contributed by atoms with Gasteiger partial charge in [-0.25, -0.2) is 4.39 Å². The van der Waals surface area contributed by atoms with Gasteiger partial charge in [0.15, 0.2) is 0 Å². The summed E-state index contributed by atoms with van der Waals surface area (Å²) in [5.41, 5.74) is 1.73. The molecule has 0 bridgehead atoms. The molecule has 1 aliphatic rings. The highest BCUT2D eigenvalue weighted by molar-refractivity contribution is 5.28.